The Morgan fingerprint density at radius 1 is 1.40 bits per heavy atom. The summed E-state index contributed by atoms with van der Waals surface area (Å²) in [6, 6.07) is 8.09. The molecule has 1 aromatic rings. The second-order valence-electron chi connectivity index (χ2n) is 3.31. The molecule has 1 unspecified atom stereocenters. The van der Waals surface area contributed by atoms with Crippen LogP contribution in [0.1, 0.15) is 0 Å². The number of nitrogens with one attached hydrogen (secondary N) is 1. The molecule has 2 rings (SSSR count). The second kappa shape index (κ2) is 5.39. The molecular weight excluding hydrogens is 210 g/mol. The van der Waals surface area contributed by atoms with Gasteiger partial charge in [0.05, 0.1) is 25.7 Å². The number of thioether (sulfide) groups is 1. The van der Waals surface area contributed by atoms with E-state index < -0.39 is 0 Å². The predicted octanol–water partition coefficient (Wildman–Crippen LogP) is 1.73. The van der Waals surface area contributed by atoms with Gasteiger partial charge >= 0.3 is 0 Å². The molecule has 0 bridgehead atoms. The molecule has 1 aliphatic heterocycles. The van der Waals surface area contributed by atoms with Crippen LogP contribution in [0.4, 0.5) is 0 Å². The Labute approximate surface area is 94.2 Å². The zero-order valence-corrected chi connectivity index (χ0v) is 9.55. The highest BCUT2D eigenvalue weighted by Crippen LogP contribution is 2.25. The fraction of sp³-hybridized carbons (Fsp3) is 0.455. The first-order valence-corrected chi connectivity index (χ1v) is 5.88. The lowest BCUT2D eigenvalue weighted by Crippen LogP contribution is -2.38. The number of benzene rings is 1. The third-order valence-corrected chi connectivity index (χ3v) is 3.36. The summed E-state index contributed by atoms with van der Waals surface area (Å²) in [5, 5.41) is 3.77. The standard InChI is InChI=1S/C11H15NO2S/c1-13-9-2-4-10(5-3-9)15-11-8-14-7-6-12-11/h2-5,11-12H,6-8H2,1H3. The predicted molar refractivity (Wildman–Crippen MR) is 61.5 cm³/mol. The Bertz CT molecular complexity index is 296. The van der Waals surface area contributed by atoms with E-state index in [0.29, 0.717) is 5.37 Å². The molecule has 15 heavy (non-hydrogen) atoms. The van der Waals surface area contributed by atoms with Gasteiger partial charge in [0.15, 0.2) is 0 Å². The molecule has 1 heterocycles. The van der Waals surface area contributed by atoms with Crippen molar-refractivity contribution in [2.24, 2.45) is 0 Å². The molecule has 4 heteroatoms. The van der Waals surface area contributed by atoms with E-state index in [2.05, 4.69) is 17.4 Å². The normalized spacial score (nSPS) is 21.3. The maximum absolute atomic E-state index is 5.39. The van der Waals surface area contributed by atoms with E-state index in [1.807, 2.05) is 12.1 Å². The number of hydrogen-bond donors (Lipinski definition) is 1. The molecule has 0 spiro atoms. The van der Waals surface area contributed by atoms with E-state index in [1.54, 1.807) is 18.9 Å². The summed E-state index contributed by atoms with van der Waals surface area (Å²) in [7, 11) is 1.68. The van der Waals surface area contributed by atoms with Gasteiger partial charge in [-0.15, -0.1) is 11.8 Å². The van der Waals surface area contributed by atoms with Gasteiger partial charge in [-0.3, -0.25) is 0 Å². The lowest BCUT2D eigenvalue weighted by Gasteiger charge is -2.23. The van der Waals surface area contributed by atoms with Gasteiger partial charge in [0, 0.05) is 11.4 Å². The second-order valence-corrected chi connectivity index (χ2v) is 4.59. The molecule has 3 nitrogen and oxygen atoms in total. The van der Waals surface area contributed by atoms with Gasteiger partial charge in [0.1, 0.15) is 5.75 Å². The summed E-state index contributed by atoms with van der Waals surface area (Å²) in [5.41, 5.74) is 0. The van der Waals surface area contributed by atoms with Crippen LogP contribution >= 0.6 is 11.8 Å². The van der Waals surface area contributed by atoms with Crippen LogP contribution in [0.15, 0.2) is 29.2 Å². The molecule has 1 fully saturated rings. The zero-order valence-electron chi connectivity index (χ0n) is 8.73. The molecule has 1 atom stereocenters. The fourth-order valence-corrected chi connectivity index (χ4v) is 2.42. The number of morpholine rings is 1. The van der Waals surface area contributed by atoms with E-state index >= 15 is 0 Å². The van der Waals surface area contributed by atoms with Gasteiger partial charge in [0.2, 0.25) is 0 Å². The average molecular weight is 225 g/mol. The third kappa shape index (κ3) is 3.12. The molecule has 0 aromatic heterocycles. The van der Waals surface area contributed by atoms with Gasteiger partial charge in [-0.05, 0) is 24.3 Å². The highest BCUT2D eigenvalue weighted by molar-refractivity contribution is 8.00. The quantitative estimate of drug-likeness (QED) is 0.848. The minimum Gasteiger partial charge on any atom is -0.497 e. The first-order valence-electron chi connectivity index (χ1n) is 5.00. The Morgan fingerprint density at radius 2 is 2.20 bits per heavy atom. The van der Waals surface area contributed by atoms with Crippen LogP contribution in [0.2, 0.25) is 0 Å². The molecule has 0 amide bonds. The Hall–Kier alpha value is -0.710. The van der Waals surface area contributed by atoms with Crippen molar-refractivity contribution in [3.63, 3.8) is 0 Å². The summed E-state index contributed by atoms with van der Waals surface area (Å²) in [4.78, 5) is 1.24. The summed E-state index contributed by atoms with van der Waals surface area (Å²) >= 11 is 1.79. The largest absolute Gasteiger partial charge is 0.497 e. The van der Waals surface area contributed by atoms with Crippen molar-refractivity contribution in [3.8, 4) is 5.75 Å². The summed E-state index contributed by atoms with van der Waals surface area (Å²) in [6.45, 7) is 2.53. The van der Waals surface area contributed by atoms with Gasteiger partial charge in [-0.1, -0.05) is 0 Å². The van der Waals surface area contributed by atoms with Crippen molar-refractivity contribution in [1.29, 1.82) is 0 Å². The third-order valence-electron chi connectivity index (χ3n) is 2.23. The maximum Gasteiger partial charge on any atom is 0.118 e. The molecule has 1 saturated heterocycles. The van der Waals surface area contributed by atoms with E-state index in [9.17, 15) is 0 Å². The molecule has 0 aliphatic carbocycles. The molecular formula is C11H15NO2S. The van der Waals surface area contributed by atoms with Gasteiger partial charge < -0.3 is 14.8 Å². The van der Waals surface area contributed by atoms with Crippen LogP contribution < -0.4 is 10.1 Å². The minimum atomic E-state index is 0.368. The van der Waals surface area contributed by atoms with Gasteiger partial charge in [-0.25, -0.2) is 0 Å². The van der Waals surface area contributed by atoms with Crippen LogP contribution in [0, 0.1) is 0 Å². The molecule has 0 saturated carbocycles. The first-order chi connectivity index (χ1) is 7.38. The van der Waals surface area contributed by atoms with E-state index in [-0.39, 0.29) is 0 Å². The number of methoxy groups -OCH3 is 1. The van der Waals surface area contributed by atoms with Crippen LogP contribution in [0.5, 0.6) is 5.75 Å². The monoisotopic (exact) mass is 225 g/mol. The molecule has 0 radical (unpaired) electrons. The molecule has 1 aliphatic rings. The van der Waals surface area contributed by atoms with Crippen LogP contribution in [0.3, 0.4) is 0 Å². The summed E-state index contributed by atoms with van der Waals surface area (Å²) < 4.78 is 10.5. The number of hydrogen-bond acceptors (Lipinski definition) is 4. The molecule has 1 N–H and O–H groups in total. The Balaban J connectivity index is 1.91. The van der Waals surface area contributed by atoms with Crippen molar-refractivity contribution in [1.82, 2.24) is 5.32 Å². The fourth-order valence-electron chi connectivity index (χ4n) is 1.44. The zero-order chi connectivity index (χ0) is 10.5. The Morgan fingerprint density at radius 3 is 2.80 bits per heavy atom. The highest BCUT2D eigenvalue weighted by atomic mass is 32.2. The smallest absolute Gasteiger partial charge is 0.118 e. The van der Waals surface area contributed by atoms with Gasteiger partial charge in [0.25, 0.3) is 0 Å². The van der Waals surface area contributed by atoms with Crippen LogP contribution in [-0.4, -0.2) is 32.2 Å². The number of rotatable bonds is 3. The minimum absolute atomic E-state index is 0.368. The SMILES string of the molecule is COc1ccc(SC2COCCN2)cc1. The summed E-state index contributed by atoms with van der Waals surface area (Å²) in [6.07, 6.45) is 0. The maximum atomic E-state index is 5.39. The van der Waals surface area contributed by atoms with Crippen molar-refractivity contribution in [2.45, 2.75) is 10.3 Å². The molecule has 1 aromatic carbocycles. The lowest BCUT2D eigenvalue weighted by molar-refractivity contribution is 0.100. The number of ether oxygens (including phenoxy) is 2. The highest BCUT2D eigenvalue weighted by Gasteiger charge is 2.13. The van der Waals surface area contributed by atoms with Crippen LogP contribution in [0.25, 0.3) is 0 Å². The van der Waals surface area contributed by atoms with Crippen molar-refractivity contribution < 1.29 is 9.47 Å². The average Bonchev–Trinajstić information content (AvgIpc) is 2.31. The van der Waals surface area contributed by atoms with Gasteiger partial charge in [-0.2, -0.15) is 0 Å². The van der Waals surface area contributed by atoms with E-state index in [4.69, 9.17) is 9.47 Å². The van der Waals surface area contributed by atoms with E-state index in [1.165, 1.54) is 4.90 Å². The van der Waals surface area contributed by atoms with E-state index in [0.717, 1.165) is 25.5 Å². The first kappa shape index (κ1) is 10.8. The lowest BCUT2D eigenvalue weighted by atomic mass is 10.3. The van der Waals surface area contributed by atoms with Crippen molar-refractivity contribution in [2.75, 3.05) is 26.9 Å². The van der Waals surface area contributed by atoms with Crippen molar-refractivity contribution >= 4 is 11.8 Å². The van der Waals surface area contributed by atoms with Crippen LogP contribution in [-0.2, 0) is 4.74 Å². The Kier molecular flexibility index (Phi) is 3.88. The van der Waals surface area contributed by atoms with Crippen molar-refractivity contribution in [3.05, 3.63) is 24.3 Å². The topological polar surface area (TPSA) is 30.5 Å². The molecule has 82 valence electrons. The summed E-state index contributed by atoms with van der Waals surface area (Å²) in [5.74, 6) is 0.896.